The molecule has 1 aromatic rings. The van der Waals surface area contributed by atoms with Crippen LogP contribution >= 0.6 is 0 Å². The standard InChI is InChI=1S/C17H27FN2/c1-13(11-20(2)12-14-7-3-4-8-14)17(19)15-9-5-6-10-16(15)18/h5-6,9-10,13-14,17H,3-4,7-8,11-12,19H2,1-2H3. The first-order chi connectivity index (χ1) is 9.58. The predicted molar refractivity (Wildman–Crippen MR) is 81.9 cm³/mol. The van der Waals surface area contributed by atoms with E-state index in [9.17, 15) is 4.39 Å². The summed E-state index contributed by atoms with van der Waals surface area (Å²) in [6, 6.07) is 6.62. The van der Waals surface area contributed by atoms with Crippen molar-refractivity contribution in [2.24, 2.45) is 17.6 Å². The number of rotatable bonds is 6. The summed E-state index contributed by atoms with van der Waals surface area (Å²) in [6.07, 6.45) is 5.47. The van der Waals surface area contributed by atoms with Gasteiger partial charge in [0.25, 0.3) is 0 Å². The molecule has 0 spiro atoms. The summed E-state index contributed by atoms with van der Waals surface area (Å²) < 4.78 is 13.8. The molecule has 0 bridgehead atoms. The Morgan fingerprint density at radius 3 is 2.60 bits per heavy atom. The number of halogens is 1. The molecule has 1 aliphatic carbocycles. The molecule has 1 aliphatic rings. The summed E-state index contributed by atoms with van der Waals surface area (Å²) in [7, 11) is 2.16. The molecular weight excluding hydrogens is 251 g/mol. The number of nitrogens with two attached hydrogens (primary N) is 1. The number of nitrogens with zero attached hydrogens (tertiary/aromatic N) is 1. The summed E-state index contributed by atoms with van der Waals surface area (Å²) in [4.78, 5) is 2.36. The Kier molecular flexibility index (Phi) is 5.55. The van der Waals surface area contributed by atoms with E-state index in [4.69, 9.17) is 5.73 Å². The smallest absolute Gasteiger partial charge is 0.127 e. The second-order valence-electron chi connectivity index (χ2n) is 6.40. The molecule has 0 heterocycles. The monoisotopic (exact) mass is 278 g/mol. The second kappa shape index (κ2) is 7.19. The van der Waals surface area contributed by atoms with Crippen LogP contribution in [0.2, 0.25) is 0 Å². The molecule has 2 rings (SSSR count). The van der Waals surface area contributed by atoms with E-state index in [1.165, 1.54) is 31.7 Å². The molecule has 0 radical (unpaired) electrons. The van der Waals surface area contributed by atoms with Crippen molar-refractivity contribution >= 4 is 0 Å². The molecule has 3 heteroatoms. The topological polar surface area (TPSA) is 29.3 Å². The molecule has 0 aliphatic heterocycles. The Morgan fingerprint density at radius 2 is 1.95 bits per heavy atom. The highest BCUT2D eigenvalue weighted by atomic mass is 19.1. The van der Waals surface area contributed by atoms with E-state index < -0.39 is 0 Å². The summed E-state index contributed by atoms with van der Waals surface area (Å²) in [5.74, 6) is 0.903. The van der Waals surface area contributed by atoms with Gasteiger partial charge in [0, 0.05) is 24.7 Å². The van der Waals surface area contributed by atoms with Crippen molar-refractivity contribution < 1.29 is 4.39 Å². The van der Waals surface area contributed by atoms with Crippen LogP contribution in [0.3, 0.4) is 0 Å². The van der Waals surface area contributed by atoms with Crippen LogP contribution < -0.4 is 5.73 Å². The second-order valence-corrected chi connectivity index (χ2v) is 6.40. The molecule has 20 heavy (non-hydrogen) atoms. The zero-order valence-electron chi connectivity index (χ0n) is 12.7. The van der Waals surface area contributed by atoms with Gasteiger partial charge < -0.3 is 10.6 Å². The van der Waals surface area contributed by atoms with Gasteiger partial charge in [-0.15, -0.1) is 0 Å². The SMILES string of the molecule is CC(CN(C)CC1CCCC1)C(N)c1ccccc1F. The van der Waals surface area contributed by atoms with E-state index in [1.807, 2.05) is 6.07 Å². The highest BCUT2D eigenvalue weighted by Crippen LogP contribution is 2.26. The summed E-state index contributed by atoms with van der Waals surface area (Å²) >= 11 is 0. The minimum absolute atomic E-state index is 0.190. The molecule has 1 fully saturated rings. The zero-order chi connectivity index (χ0) is 14.5. The van der Waals surface area contributed by atoms with Crippen LogP contribution in [-0.2, 0) is 0 Å². The third-order valence-corrected chi connectivity index (χ3v) is 4.52. The lowest BCUT2D eigenvalue weighted by atomic mass is 9.94. The van der Waals surface area contributed by atoms with Crippen molar-refractivity contribution in [2.45, 2.75) is 38.6 Å². The lowest BCUT2D eigenvalue weighted by Crippen LogP contribution is -2.34. The molecule has 1 aromatic carbocycles. The minimum Gasteiger partial charge on any atom is -0.324 e. The quantitative estimate of drug-likeness (QED) is 0.861. The highest BCUT2D eigenvalue weighted by molar-refractivity contribution is 5.21. The van der Waals surface area contributed by atoms with E-state index in [1.54, 1.807) is 12.1 Å². The van der Waals surface area contributed by atoms with Gasteiger partial charge in [0.05, 0.1) is 0 Å². The summed E-state index contributed by atoms with van der Waals surface area (Å²) in [6.45, 7) is 4.18. The number of hydrogen-bond donors (Lipinski definition) is 1. The van der Waals surface area contributed by atoms with E-state index in [0.717, 1.165) is 19.0 Å². The molecular formula is C17H27FN2. The molecule has 112 valence electrons. The molecule has 0 saturated heterocycles. The summed E-state index contributed by atoms with van der Waals surface area (Å²) in [5.41, 5.74) is 6.86. The van der Waals surface area contributed by atoms with Crippen LogP contribution in [0, 0.1) is 17.7 Å². The minimum atomic E-state index is -0.234. The molecule has 0 amide bonds. The van der Waals surface area contributed by atoms with E-state index in [0.29, 0.717) is 5.56 Å². The fraction of sp³-hybridized carbons (Fsp3) is 0.647. The van der Waals surface area contributed by atoms with E-state index in [2.05, 4.69) is 18.9 Å². The first kappa shape index (κ1) is 15.5. The molecule has 2 N–H and O–H groups in total. The fourth-order valence-electron chi connectivity index (χ4n) is 3.37. The van der Waals surface area contributed by atoms with Crippen molar-refractivity contribution in [3.8, 4) is 0 Å². The number of benzene rings is 1. The Bertz CT molecular complexity index is 415. The van der Waals surface area contributed by atoms with Gasteiger partial charge in [-0.25, -0.2) is 4.39 Å². The largest absolute Gasteiger partial charge is 0.324 e. The fourth-order valence-corrected chi connectivity index (χ4v) is 3.37. The molecule has 2 atom stereocenters. The van der Waals surface area contributed by atoms with Crippen LogP contribution in [0.1, 0.15) is 44.2 Å². The van der Waals surface area contributed by atoms with Gasteiger partial charge in [-0.2, -0.15) is 0 Å². The van der Waals surface area contributed by atoms with Crippen molar-refractivity contribution in [1.29, 1.82) is 0 Å². The third kappa shape index (κ3) is 4.03. The maximum Gasteiger partial charge on any atom is 0.127 e. The average molecular weight is 278 g/mol. The van der Waals surface area contributed by atoms with Gasteiger partial charge in [-0.05, 0) is 37.8 Å². The van der Waals surface area contributed by atoms with Crippen molar-refractivity contribution in [3.05, 3.63) is 35.6 Å². The Labute approximate surface area is 122 Å². The molecule has 2 nitrogen and oxygen atoms in total. The summed E-state index contributed by atoms with van der Waals surface area (Å²) in [5, 5.41) is 0. The molecule has 1 saturated carbocycles. The highest BCUT2D eigenvalue weighted by Gasteiger charge is 2.22. The van der Waals surface area contributed by atoms with Gasteiger partial charge in [-0.3, -0.25) is 0 Å². The normalized spacial score (nSPS) is 19.4. The predicted octanol–water partition coefficient (Wildman–Crippen LogP) is 3.58. The van der Waals surface area contributed by atoms with Gasteiger partial charge in [0.1, 0.15) is 5.82 Å². The Balaban J connectivity index is 1.87. The van der Waals surface area contributed by atoms with E-state index >= 15 is 0 Å². The maximum atomic E-state index is 13.8. The van der Waals surface area contributed by atoms with Gasteiger partial charge in [0.2, 0.25) is 0 Å². The van der Waals surface area contributed by atoms with Crippen LogP contribution in [-0.4, -0.2) is 25.0 Å². The lowest BCUT2D eigenvalue weighted by Gasteiger charge is -2.28. The lowest BCUT2D eigenvalue weighted by molar-refractivity contribution is 0.229. The first-order valence-corrected chi connectivity index (χ1v) is 7.76. The van der Waals surface area contributed by atoms with E-state index in [-0.39, 0.29) is 17.8 Å². The zero-order valence-corrected chi connectivity index (χ0v) is 12.7. The van der Waals surface area contributed by atoms with Crippen LogP contribution in [0.25, 0.3) is 0 Å². The molecule has 2 unspecified atom stereocenters. The van der Waals surface area contributed by atoms with Crippen LogP contribution in [0.4, 0.5) is 4.39 Å². The van der Waals surface area contributed by atoms with Crippen molar-refractivity contribution in [2.75, 3.05) is 20.1 Å². The Hall–Kier alpha value is -0.930. The average Bonchev–Trinajstić information content (AvgIpc) is 2.91. The van der Waals surface area contributed by atoms with Crippen molar-refractivity contribution in [1.82, 2.24) is 4.90 Å². The first-order valence-electron chi connectivity index (χ1n) is 7.76. The maximum absolute atomic E-state index is 13.8. The third-order valence-electron chi connectivity index (χ3n) is 4.52. The van der Waals surface area contributed by atoms with Crippen molar-refractivity contribution in [3.63, 3.8) is 0 Å². The van der Waals surface area contributed by atoms with Gasteiger partial charge in [-0.1, -0.05) is 38.0 Å². The Morgan fingerprint density at radius 1 is 1.30 bits per heavy atom. The number of hydrogen-bond acceptors (Lipinski definition) is 2. The molecule has 0 aromatic heterocycles. The van der Waals surface area contributed by atoms with Gasteiger partial charge >= 0.3 is 0 Å². The van der Waals surface area contributed by atoms with Gasteiger partial charge in [0.15, 0.2) is 0 Å². The van der Waals surface area contributed by atoms with Crippen LogP contribution in [0.5, 0.6) is 0 Å². The van der Waals surface area contributed by atoms with Crippen LogP contribution in [0.15, 0.2) is 24.3 Å².